The van der Waals surface area contributed by atoms with Crippen molar-refractivity contribution in [3.05, 3.63) is 51.3 Å². The lowest BCUT2D eigenvalue weighted by atomic mass is 10.0. The van der Waals surface area contributed by atoms with Gasteiger partial charge in [0, 0.05) is 6.07 Å². The van der Waals surface area contributed by atoms with Crippen molar-refractivity contribution in [3.8, 4) is 11.4 Å². The molecule has 1 aromatic carbocycles. The number of carbonyl (C=O) groups excluding carboxylic acids is 2. The van der Waals surface area contributed by atoms with Crippen molar-refractivity contribution in [1.82, 2.24) is 9.88 Å². The fourth-order valence-corrected chi connectivity index (χ4v) is 2.61. The maximum Gasteiger partial charge on any atom is 0.262 e. The molecule has 2 amide bonds. The Balaban J connectivity index is 2.33. The number of aromatic hydroxyl groups is 1. The first-order chi connectivity index (χ1) is 10.8. The Morgan fingerprint density at radius 2 is 1.83 bits per heavy atom. The van der Waals surface area contributed by atoms with Gasteiger partial charge in [-0.15, -0.1) is 0 Å². The summed E-state index contributed by atoms with van der Waals surface area (Å²) in [6.07, 6.45) is 0. The second-order valence-electron chi connectivity index (χ2n) is 5.68. The molecule has 0 saturated heterocycles. The fraction of sp³-hybridized carbons (Fsp3) is 0.188. The van der Waals surface area contributed by atoms with Crippen LogP contribution in [0.15, 0.2) is 29.1 Å². The van der Waals surface area contributed by atoms with E-state index >= 15 is 0 Å². The highest BCUT2D eigenvalue weighted by Gasteiger charge is 2.32. The average molecular weight is 313 g/mol. The number of hydrogen-bond donors (Lipinski definition) is 3. The molecule has 0 aliphatic carbocycles. The second kappa shape index (κ2) is 4.98. The number of imide groups is 1. The van der Waals surface area contributed by atoms with E-state index in [9.17, 15) is 19.5 Å². The molecule has 2 aromatic rings. The number of nitrogens with zero attached hydrogens (tertiary/aromatic N) is 1. The fourth-order valence-electron chi connectivity index (χ4n) is 2.61. The van der Waals surface area contributed by atoms with Crippen molar-refractivity contribution in [3.63, 3.8) is 0 Å². The van der Waals surface area contributed by atoms with Gasteiger partial charge in [-0.1, -0.05) is 19.9 Å². The first kappa shape index (κ1) is 14.8. The summed E-state index contributed by atoms with van der Waals surface area (Å²) in [5.41, 5.74) is 6.33. The number of fused-ring (bicyclic) bond motifs is 1. The van der Waals surface area contributed by atoms with Gasteiger partial charge in [-0.25, -0.2) is 0 Å². The van der Waals surface area contributed by atoms with E-state index in [2.05, 4.69) is 5.32 Å². The van der Waals surface area contributed by atoms with Gasteiger partial charge in [0.1, 0.15) is 11.6 Å². The molecule has 0 fully saturated rings. The highest BCUT2D eigenvalue weighted by molar-refractivity contribution is 6.23. The minimum atomic E-state index is -0.657. The number of benzene rings is 1. The second-order valence-corrected chi connectivity index (χ2v) is 5.68. The Labute approximate surface area is 131 Å². The van der Waals surface area contributed by atoms with Crippen LogP contribution in [0.1, 0.15) is 46.0 Å². The van der Waals surface area contributed by atoms with Crippen LogP contribution >= 0.6 is 0 Å². The smallest absolute Gasteiger partial charge is 0.262 e. The Morgan fingerprint density at radius 3 is 2.48 bits per heavy atom. The van der Waals surface area contributed by atoms with E-state index in [0.29, 0.717) is 0 Å². The van der Waals surface area contributed by atoms with Crippen LogP contribution in [0.2, 0.25) is 0 Å². The molecule has 23 heavy (non-hydrogen) atoms. The third-order valence-electron chi connectivity index (χ3n) is 3.86. The quantitative estimate of drug-likeness (QED) is 0.719. The van der Waals surface area contributed by atoms with Gasteiger partial charge in [-0.2, -0.15) is 0 Å². The normalized spacial score (nSPS) is 13.3. The summed E-state index contributed by atoms with van der Waals surface area (Å²) in [4.78, 5) is 35.9. The SMILES string of the molecule is CC(C)c1ccc(O)c(-n2c(N)c3c(cc2=O)C(=O)NC3=O)c1. The topological polar surface area (TPSA) is 114 Å². The number of nitrogens with one attached hydrogen (secondary N) is 1. The molecule has 7 nitrogen and oxygen atoms in total. The third-order valence-corrected chi connectivity index (χ3v) is 3.86. The Bertz CT molecular complexity index is 912. The molecule has 2 heterocycles. The lowest BCUT2D eigenvalue weighted by molar-refractivity contribution is 0.0880. The van der Waals surface area contributed by atoms with Gasteiger partial charge < -0.3 is 10.8 Å². The molecule has 3 rings (SSSR count). The molecule has 7 heteroatoms. The number of rotatable bonds is 2. The summed E-state index contributed by atoms with van der Waals surface area (Å²) in [5, 5.41) is 12.2. The van der Waals surface area contributed by atoms with E-state index in [1.54, 1.807) is 12.1 Å². The molecule has 1 aromatic heterocycles. The minimum Gasteiger partial charge on any atom is -0.506 e. The van der Waals surface area contributed by atoms with Crippen LogP contribution in [0, 0.1) is 0 Å². The van der Waals surface area contributed by atoms with E-state index in [4.69, 9.17) is 5.73 Å². The standard InChI is InChI=1S/C16H15N3O4/c1-7(2)8-3-4-11(20)10(5-8)19-12(21)6-9-13(14(19)17)16(23)18-15(9)22/h3-7,20H,17H2,1-2H3,(H,18,22,23). The number of pyridine rings is 1. The minimum absolute atomic E-state index is 0.0479. The first-order valence-electron chi connectivity index (χ1n) is 7.05. The van der Waals surface area contributed by atoms with Crippen LogP contribution in [-0.2, 0) is 0 Å². The van der Waals surface area contributed by atoms with Crippen molar-refractivity contribution < 1.29 is 14.7 Å². The molecule has 0 saturated carbocycles. The zero-order valence-electron chi connectivity index (χ0n) is 12.6. The van der Waals surface area contributed by atoms with Crippen LogP contribution in [-0.4, -0.2) is 21.5 Å². The Morgan fingerprint density at radius 1 is 1.13 bits per heavy atom. The summed E-state index contributed by atoms with van der Waals surface area (Å²) in [6.45, 7) is 3.94. The molecule has 0 unspecified atom stereocenters. The summed E-state index contributed by atoms with van der Waals surface area (Å²) < 4.78 is 1.04. The van der Waals surface area contributed by atoms with Crippen molar-refractivity contribution >= 4 is 17.6 Å². The summed E-state index contributed by atoms with van der Waals surface area (Å²) in [7, 11) is 0. The van der Waals surface area contributed by atoms with Crippen LogP contribution in [0.3, 0.4) is 0 Å². The number of amides is 2. The van der Waals surface area contributed by atoms with Gasteiger partial charge in [-0.3, -0.25) is 24.3 Å². The number of anilines is 1. The summed E-state index contributed by atoms with van der Waals surface area (Å²) in [5.74, 6) is -1.46. The first-order valence-corrected chi connectivity index (χ1v) is 7.05. The highest BCUT2D eigenvalue weighted by Crippen LogP contribution is 2.29. The van der Waals surface area contributed by atoms with Crippen LogP contribution in [0.4, 0.5) is 5.82 Å². The average Bonchev–Trinajstić information content (AvgIpc) is 2.75. The van der Waals surface area contributed by atoms with Gasteiger partial charge in [0.25, 0.3) is 17.4 Å². The number of carbonyl (C=O) groups is 2. The van der Waals surface area contributed by atoms with Crippen LogP contribution in [0.25, 0.3) is 5.69 Å². The van der Waals surface area contributed by atoms with Crippen molar-refractivity contribution in [2.45, 2.75) is 19.8 Å². The molecular weight excluding hydrogens is 298 g/mol. The molecule has 4 N–H and O–H groups in total. The third kappa shape index (κ3) is 2.17. The monoisotopic (exact) mass is 313 g/mol. The highest BCUT2D eigenvalue weighted by atomic mass is 16.3. The van der Waals surface area contributed by atoms with E-state index < -0.39 is 17.4 Å². The molecule has 1 aliphatic heterocycles. The van der Waals surface area contributed by atoms with E-state index in [-0.39, 0.29) is 34.3 Å². The van der Waals surface area contributed by atoms with Gasteiger partial charge in [0.2, 0.25) is 0 Å². The van der Waals surface area contributed by atoms with Crippen molar-refractivity contribution in [2.24, 2.45) is 0 Å². The molecular formula is C16H15N3O4. The molecule has 0 spiro atoms. The largest absolute Gasteiger partial charge is 0.506 e. The number of phenols is 1. The number of phenolic OH excluding ortho intramolecular Hbond substituents is 1. The van der Waals surface area contributed by atoms with Crippen LogP contribution in [0.5, 0.6) is 5.75 Å². The molecule has 0 bridgehead atoms. The summed E-state index contributed by atoms with van der Waals surface area (Å²) >= 11 is 0. The molecule has 118 valence electrons. The zero-order chi connectivity index (χ0) is 16.9. The zero-order valence-corrected chi connectivity index (χ0v) is 12.6. The molecule has 0 radical (unpaired) electrons. The predicted octanol–water partition coefficient (Wildman–Crippen LogP) is 1.13. The van der Waals surface area contributed by atoms with Gasteiger partial charge in [0.15, 0.2) is 0 Å². The maximum atomic E-state index is 12.4. The lowest BCUT2D eigenvalue weighted by Gasteiger charge is -2.15. The van der Waals surface area contributed by atoms with Gasteiger partial charge in [0.05, 0.1) is 16.8 Å². The number of nitrogens with two attached hydrogens (primary N) is 1. The van der Waals surface area contributed by atoms with Crippen LogP contribution < -0.4 is 16.6 Å². The van der Waals surface area contributed by atoms with Crippen molar-refractivity contribution in [1.29, 1.82) is 0 Å². The van der Waals surface area contributed by atoms with E-state index in [1.165, 1.54) is 6.07 Å². The molecule has 0 atom stereocenters. The molecule has 1 aliphatic rings. The number of aromatic nitrogens is 1. The van der Waals surface area contributed by atoms with E-state index in [1.807, 2.05) is 13.8 Å². The Hall–Kier alpha value is -3.09. The van der Waals surface area contributed by atoms with Crippen molar-refractivity contribution in [2.75, 3.05) is 5.73 Å². The van der Waals surface area contributed by atoms with Gasteiger partial charge >= 0.3 is 0 Å². The lowest BCUT2D eigenvalue weighted by Crippen LogP contribution is -2.24. The van der Waals surface area contributed by atoms with Gasteiger partial charge in [-0.05, 0) is 23.6 Å². The number of hydrogen-bond acceptors (Lipinski definition) is 5. The summed E-state index contributed by atoms with van der Waals surface area (Å²) in [6, 6.07) is 5.90. The maximum absolute atomic E-state index is 12.4. The number of nitrogen functional groups attached to an aromatic ring is 1. The Kier molecular flexibility index (Phi) is 3.21. The van der Waals surface area contributed by atoms with E-state index in [0.717, 1.165) is 16.2 Å². The predicted molar refractivity (Wildman–Crippen MR) is 84.0 cm³/mol.